The van der Waals surface area contributed by atoms with E-state index in [4.69, 9.17) is 0 Å². The van der Waals surface area contributed by atoms with Crippen molar-refractivity contribution in [3.05, 3.63) is 70.9 Å². The maximum absolute atomic E-state index is 13.1. The van der Waals surface area contributed by atoms with Gasteiger partial charge in [0.05, 0.1) is 0 Å². The van der Waals surface area contributed by atoms with Crippen LogP contribution in [0, 0.1) is 13.8 Å². The van der Waals surface area contributed by atoms with E-state index in [2.05, 4.69) is 55.7 Å². The Morgan fingerprint density at radius 1 is 0.960 bits per heavy atom. The zero-order chi connectivity index (χ0) is 17.8. The third-order valence-corrected chi connectivity index (χ3v) is 5.11. The standard InChI is InChI=1S/C23H27NO/c1-4-5-10-15-24-18(3)23(20-13-8-9-14-21(20)24)22(25)16-19-12-7-6-11-17(19)2/h6-9,11-14H,4-5,10,15-16H2,1-3H3. The summed E-state index contributed by atoms with van der Waals surface area (Å²) in [5.41, 5.74) is 5.49. The summed E-state index contributed by atoms with van der Waals surface area (Å²) in [5, 5.41) is 1.09. The average Bonchev–Trinajstić information content (AvgIpc) is 2.89. The van der Waals surface area contributed by atoms with E-state index in [1.54, 1.807) is 0 Å². The molecule has 0 atom stereocenters. The second kappa shape index (κ2) is 7.69. The Balaban J connectivity index is 1.99. The Morgan fingerprint density at radius 3 is 2.44 bits per heavy atom. The number of hydrogen-bond donors (Lipinski definition) is 0. The minimum atomic E-state index is 0.220. The second-order valence-electron chi connectivity index (χ2n) is 6.86. The molecule has 0 aliphatic carbocycles. The number of fused-ring (bicyclic) bond motifs is 1. The number of carbonyl (C=O) groups excluding carboxylic acids is 1. The maximum atomic E-state index is 13.1. The quantitative estimate of drug-likeness (QED) is 0.391. The fourth-order valence-electron chi connectivity index (χ4n) is 3.66. The summed E-state index contributed by atoms with van der Waals surface area (Å²) in [6, 6.07) is 16.5. The van der Waals surface area contributed by atoms with Crippen LogP contribution in [0.1, 0.15) is 53.4 Å². The number of aryl methyl sites for hydroxylation is 2. The van der Waals surface area contributed by atoms with Crippen LogP contribution in [0.25, 0.3) is 10.9 Å². The van der Waals surface area contributed by atoms with Crippen LogP contribution in [0.15, 0.2) is 48.5 Å². The molecule has 0 aliphatic rings. The molecule has 2 aromatic carbocycles. The molecule has 3 rings (SSSR count). The molecule has 0 bridgehead atoms. The highest BCUT2D eigenvalue weighted by Gasteiger charge is 2.20. The van der Waals surface area contributed by atoms with Crippen molar-refractivity contribution in [2.75, 3.05) is 0 Å². The number of benzene rings is 2. The molecule has 25 heavy (non-hydrogen) atoms. The van der Waals surface area contributed by atoms with Crippen molar-refractivity contribution < 1.29 is 4.79 Å². The largest absolute Gasteiger partial charge is 0.344 e. The van der Waals surface area contributed by atoms with Crippen LogP contribution >= 0.6 is 0 Å². The molecule has 0 aliphatic heterocycles. The van der Waals surface area contributed by atoms with Crippen molar-refractivity contribution >= 4 is 16.7 Å². The summed E-state index contributed by atoms with van der Waals surface area (Å²) in [4.78, 5) is 13.1. The third-order valence-electron chi connectivity index (χ3n) is 5.11. The zero-order valence-electron chi connectivity index (χ0n) is 15.5. The Bertz CT molecular complexity index is 888. The van der Waals surface area contributed by atoms with Crippen molar-refractivity contribution in [1.29, 1.82) is 0 Å². The minimum absolute atomic E-state index is 0.220. The molecular weight excluding hydrogens is 306 g/mol. The number of carbonyl (C=O) groups is 1. The Morgan fingerprint density at radius 2 is 1.68 bits per heavy atom. The number of aromatic nitrogens is 1. The summed E-state index contributed by atoms with van der Waals surface area (Å²) in [6.45, 7) is 7.37. The molecule has 0 saturated heterocycles. The predicted molar refractivity (Wildman–Crippen MR) is 105 cm³/mol. The summed E-state index contributed by atoms with van der Waals surface area (Å²) in [5.74, 6) is 0.220. The normalized spacial score (nSPS) is 11.2. The molecule has 3 aromatic rings. The molecular formula is C23H27NO. The topological polar surface area (TPSA) is 22.0 Å². The van der Waals surface area contributed by atoms with Crippen LogP contribution < -0.4 is 0 Å². The van der Waals surface area contributed by atoms with Gasteiger partial charge in [-0.3, -0.25) is 4.79 Å². The number of hydrogen-bond acceptors (Lipinski definition) is 1. The molecule has 0 radical (unpaired) electrons. The molecule has 2 nitrogen and oxygen atoms in total. The number of Topliss-reactive ketones (excluding diaryl/α,β-unsaturated/α-hetero) is 1. The molecule has 1 heterocycles. The van der Waals surface area contributed by atoms with Crippen LogP contribution in [-0.4, -0.2) is 10.4 Å². The van der Waals surface area contributed by atoms with Crippen LogP contribution in [0.2, 0.25) is 0 Å². The van der Waals surface area contributed by atoms with E-state index in [1.165, 1.54) is 23.9 Å². The van der Waals surface area contributed by atoms with E-state index in [9.17, 15) is 4.79 Å². The first-order valence-electron chi connectivity index (χ1n) is 9.29. The molecule has 0 fully saturated rings. The molecule has 0 N–H and O–H groups in total. The van der Waals surface area contributed by atoms with Crippen LogP contribution in [-0.2, 0) is 13.0 Å². The van der Waals surface area contributed by atoms with E-state index in [-0.39, 0.29) is 5.78 Å². The lowest BCUT2D eigenvalue weighted by molar-refractivity contribution is 0.0993. The summed E-state index contributed by atoms with van der Waals surface area (Å²) >= 11 is 0. The summed E-state index contributed by atoms with van der Waals surface area (Å²) in [7, 11) is 0. The molecule has 0 unspecified atom stereocenters. The fraction of sp³-hybridized carbons (Fsp3) is 0.348. The van der Waals surface area contributed by atoms with Gasteiger partial charge in [0.25, 0.3) is 0 Å². The van der Waals surface area contributed by atoms with Crippen molar-refractivity contribution in [2.24, 2.45) is 0 Å². The Kier molecular flexibility index (Phi) is 5.37. The first-order chi connectivity index (χ1) is 12.1. The highest BCUT2D eigenvalue weighted by Crippen LogP contribution is 2.28. The maximum Gasteiger partial charge on any atom is 0.169 e. The highest BCUT2D eigenvalue weighted by atomic mass is 16.1. The number of rotatable bonds is 7. The lowest BCUT2D eigenvalue weighted by Crippen LogP contribution is -2.08. The summed E-state index contributed by atoms with van der Waals surface area (Å²) < 4.78 is 2.33. The average molecular weight is 333 g/mol. The van der Waals surface area contributed by atoms with Gasteiger partial charge in [0.15, 0.2) is 5.78 Å². The molecule has 130 valence electrons. The van der Waals surface area contributed by atoms with Gasteiger partial charge in [-0.1, -0.05) is 62.2 Å². The van der Waals surface area contributed by atoms with E-state index < -0.39 is 0 Å². The van der Waals surface area contributed by atoms with Gasteiger partial charge in [0, 0.05) is 35.1 Å². The Hall–Kier alpha value is -2.35. The number of nitrogens with zero attached hydrogens (tertiary/aromatic N) is 1. The van der Waals surface area contributed by atoms with E-state index in [1.807, 2.05) is 18.2 Å². The molecule has 0 amide bonds. The first kappa shape index (κ1) is 17.5. The van der Waals surface area contributed by atoms with Gasteiger partial charge >= 0.3 is 0 Å². The third kappa shape index (κ3) is 3.53. The molecule has 0 spiro atoms. The first-order valence-corrected chi connectivity index (χ1v) is 9.29. The van der Waals surface area contributed by atoms with Gasteiger partial charge < -0.3 is 4.57 Å². The fourth-order valence-corrected chi connectivity index (χ4v) is 3.66. The van der Waals surface area contributed by atoms with E-state index >= 15 is 0 Å². The van der Waals surface area contributed by atoms with Crippen LogP contribution in [0.3, 0.4) is 0 Å². The molecule has 1 aromatic heterocycles. The van der Waals surface area contributed by atoms with E-state index in [0.717, 1.165) is 35.2 Å². The van der Waals surface area contributed by atoms with Crippen LogP contribution in [0.4, 0.5) is 0 Å². The van der Waals surface area contributed by atoms with Gasteiger partial charge in [0.2, 0.25) is 0 Å². The van der Waals surface area contributed by atoms with Crippen molar-refractivity contribution in [1.82, 2.24) is 4.57 Å². The lowest BCUT2D eigenvalue weighted by atomic mass is 9.98. The SMILES string of the molecule is CCCCCn1c(C)c(C(=O)Cc2ccccc2C)c2ccccc21. The number of ketones is 1. The number of unbranched alkanes of at least 4 members (excludes halogenated alkanes) is 2. The second-order valence-corrected chi connectivity index (χ2v) is 6.86. The van der Waals surface area contributed by atoms with Gasteiger partial charge in [-0.05, 0) is 37.5 Å². The van der Waals surface area contributed by atoms with Gasteiger partial charge in [0.1, 0.15) is 0 Å². The monoisotopic (exact) mass is 333 g/mol. The Labute approximate surface area is 150 Å². The van der Waals surface area contributed by atoms with Crippen molar-refractivity contribution in [3.8, 4) is 0 Å². The number of para-hydroxylation sites is 1. The van der Waals surface area contributed by atoms with Crippen LogP contribution in [0.5, 0.6) is 0 Å². The zero-order valence-corrected chi connectivity index (χ0v) is 15.5. The van der Waals surface area contributed by atoms with Gasteiger partial charge in [-0.25, -0.2) is 0 Å². The highest BCUT2D eigenvalue weighted by molar-refractivity contribution is 6.10. The van der Waals surface area contributed by atoms with Crippen molar-refractivity contribution in [3.63, 3.8) is 0 Å². The molecule has 2 heteroatoms. The predicted octanol–water partition coefficient (Wildman–Crippen LogP) is 5.87. The van der Waals surface area contributed by atoms with Gasteiger partial charge in [-0.15, -0.1) is 0 Å². The lowest BCUT2D eigenvalue weighted by Gasteiger charge is -2.09. The molecule has 0 saturated carbocycles. The minimum Gasteiger partial charge on any atom is -0.344 e. The van der Waals surface area contributed by atoms with Crippen molar-refractivity contribution in [2.45, 2.75) is 53.0 Å². The van der Waals surface area contributed by atoms with Gasteiger partial charge in [-0.2, -0.15) is 0 Å². The van der Waals surface area contributed by atoms with E-state index in [0.29, 0.717) is 6.42 Å². The smallest absolute Gasteiger partial charge is 0.169 e. The summed E-state index contributed by atoms with van der Waals surface area (Å²) in [6.07, 6.45) is 4.05.